The normalized spacial score (nSPS) is 10.5. The summed E-state index contributed by atoms with van der Waals surface area (Å²) in [6.45, 7) is 3.77. The van der Waals surface area contributed by atoms with Crippen LogP contribution in [-0.4, -0.2) is 20.5 Å². The summed E-state index contributed by atoms with van der Waals surface area (Å²) >= 11 is 0. The molecule has 88 valence electrons. The number of hydrogen-bond donors (Lipinski definition) is 0. The van der Waals surface area contributed by atoms with Crippen molar-refractivity contribution in [2.45, 2.75) is 20.3 Å². The Bertz CT molecular complexity index is 543. The first kappa shape index (κ1) is 11.5. The third-order valence-electron chi connectivity index (χ3n) is 2.86. The van der Waals surface area contributed by atoms with Gasteiger partial charge in [-0.05, 0) is 26.0 Å². The second-order valence-corrected chi connectivity index (χ2v) is 4.09. The van der Waals surface area contributed by atoms with Gasteiger partial charge in [-0.15, -0.1) is 0 Å². The molecule has 0 N–H and O–H groups in total. The van der Waals surface area contributed by atoms with E-state index in [9.17, 15) is 4.79 Å². The van der Waals surface area contributed by atoms with Crippen molar-refractivity contribution in [2.75, 3.05) is 0 Å². The van der Waals surface area contributed by atoms with Crippen LogP contribution in [0.2, 0.25) is 0 Å². The van der Waals surface area contributed by atoms with Crippen molar-refractivity contribution in [3.05, 3.63) is 47.0 Å². The van der Waals surface area contributed by atoms with Crippen LogP contribution in [0.25, 0.3) is 0 Å². The van der Waals surface area contributed by atoms with E-state index < -0.39 is 0 Å². The predicted octanol–water partition coefficient (Wildman–Crippen LogP) is 1.86. The van der Waals surface area contributed by atoms with Gasteiger partial charge in [0.1, 0.15) is 0 Å². The van der Waals surface area contributed by atoms with E-state index >= 15 is 0 Å². The molecule has 2 aromatic heterocycles. The largest absolute Gasteiger partial charge is 0.294 e. The van der Waals surface area contributed by atoms with E-state index in [2.05, 4.69) is 10.1 Å². The highest BCUT2D eigenvalue weighted by Crippen LogP contribution is 2.14. The molecule has 0 saturated carbocycles. The molecule has 2 heterocycles. The molecule has 2 rings (SSSR count). The van der Waals surface area contributed by atoms with Gasteiger partial charge in [-0.25, -0.2) is 0 Å². The molecule has 4 nitrogen and oxygen atoms in total. The molecule has 0 radical (unpaired) electrons. The van der Waals surface area contributed by atoms with Gasteiger partial charge >= 0.3 is 0 Å². The average molecular weight is 229 g/mol. The second kappa shape index (κ2) is 4.49. The molecule has 0 aliphatic rings. The fraction of sp³-hybridized carbons (Fsp3) is 0.308. The Hall–Kier alpha value is -1.97. The Kier molecular flexibility index (Phi) is 3.04. The van der Waals surface area contributed by atoms with E-state index in [0.717, 1.165) is 22.6 Å². The molecule has 0 aliphatic carbocycles. The van der Waals surface area contributed by atoms with Crippen LogP contribution in [-0.2, 0) is 13.5 Å². The quantitative estimate of drug-likeness (QED) is 0.755. The van der Waals surface area contributed by atoms with E-state index in [4.69, 9.17) is 0 Å². The summed E-state index contributed by atoms with van der Waals surface area (Å²) in [6.07, 6.45) is 2.03. The number of aryl methyl sites for hydroxylation is 2. The highest BCUT2D eigenvalue weighted by Gasteiger charge is 2.17. The predicted molar refractivity (Wildman–Crippen MR) is 65.0 cm³/mol. The second-order valence-electron chi connectivity index (χ2n) is 4.09. The average Bonchev–Trinajstić information content (AvgIpc) is 2.54. The lowest BCUT2D eigenvalue weighted by Gasteiger charge is -2.01. The standard InChI is InChI=1S/C13H15N3O/c1-9-13(10(2)16(3)15-9)12(17)8-11-6-4-5-7-14-11/h4-7H,8H2,1-3H3. The van der Waals surface area contributed by atoms with E-state index in [1.165, 1.54) is 0 Å². The molecule has 0 amide bonds. The fourth-order valence-corrected chi connectivity index (χ4v) is 1.93. The Balaban J connectivity index is 2.27. The van der Waals surface area contributed by atoms with Crippen molar-refractivity contribution < 1.29 is 4.79 Å². The van der Waals surface area contributed by atoms with Crippen molar-refractivity contribution in [2.24, 2.45) is 7.05 Å². The Morgan fingerprint density at radius 1 is 1.35 bits per heavy atom. The van der Waals surface area contributed by atoms with Gasteiger partial charge in [0, 0.05) is 24.6 Å². The summed E-state index contributed by atoms with van der Waals surface area (Å²) < 4.78 is 1.74. The number of Topliss-reactive ketones (excluding diaryl/α,β-unsaturated/α-hetero) is 1. The number of carbonyl (C=O) groups excluding carboxylic acids is 1. The van der Waals surface area contributed by atoms with E-state index in [0.29, 0.717) is 6.42 Å². The number of carbonyl (C=O) groups is 1. The van der Waals surface area contributed by atoms with Gasteiger partial charge in [-0.1, -0.05) is 6.07 Å². The lowest BCUT2D eigenvalue weighted by molar-refractivity contribution is 0.0990. The number of aromatic nitrogens is 3. The molecule has 0 saturated heterocycles. The minimum atomic E-state index is 0.0757. The first-order valence-electron chi connectivity index (χ1n) is 5.53. The smallest absolute Gasteiger partial charge is 0.172 e. The number of nitrogens with zero attached hydrogens (tertiary/aromatic N) is 3. The summed E-state index contributed by atoms with van der Waals surface area (Å²) in [7, 11) is 1.85. The molecule has 4 heteroatoms. The van der Waals surface area contributed by atoms with Gasteiger partial charge in [0.05, 0.1) is 17.7 Å². The van der Waals surface area contributed by atoms with Crippen LogP contribution >= 0.6 is 0 Å². The lowest BCUT2D eigenvalue weighted by atomic mass is 10.0. The van der Waals surface area contributed by atoms with Gasteiger partial charge in [0.2, 0.25) is 0 Å². The van der Waals surface area contributed by atoms with Crippen LogP contribution in [0.15, 0.2) is 24.4 Å². The van der Waals surface area contributed by atoms with Crippen molar-refractivity contribution in [1.82, 2.24) is 14.8 Å². The Morgan fingerprint density at radius 2 is 2.12 bits per heavy atom. The molecule has 2 aromatic rings. The van der Waals surface area contributed by atoms with Gasteiger partial charge in [-0.2, -0.15) is 5.10 Å². The third kappa shape index (κ3) is 2.25. The first-order valence-corrected chi connectivity index (χ1v) is 5.53. The minimum Gasteiger partial charge on any atom is -0.294 e. The van der Waals surface area contributed by atoms with Crippen LogP contribution in [0.3, 0.4) is 0 Å². The van der Waals surface area contributed by atoms with Crippen LogP contribution in [0.4, 0.5) is 0 Å². The van der Waals surface area contributed by atoms with E-state index in [-0.39, 0.29) is 5.78 Å². The molecule has 0 atom stereocenters. The summed E-state index contributed by atoms with van der Waals surface area (Å²) in [6, 6.07) is 5.59. The monoisotopic (exact) mass is 229 g/mol. The van der Waals surface area contributed by atoms with E-state index in [1.54, 1.807) is 10.9 Å². The van der Waals surface area contributed by atoms with Crippen LogP contribution in [0, 0.1) is 13.8 Å². The zero-order valence-corrected chi connectivity index (χ0v) is 10.3. The molecule has 0 aliphatic heterocycles. The highest BCUT2D eigenvalue weighted by atomic mass is 16.1. The third-order valence-corrected chi connectivity index (χ3v) is 2.86. The van der Waals surface area contributed by atoms with Crippen molar-refractivity contribution in [3.63, 3.8) is 0 Å². The zero-order chi connectivity index (χ0) is 12.4. The molecular formula is C13H15N3O. The maximum Gasteiger partial charge on any atom is 0.172 e. The Labute approximate surface area is 100 Å². The topological polar surface area (TPSA) is 47.8 Å². The van der Waals surface area contributed by atoms with Crippen molar-refractivity contribution in [3.8, 4) is 0 Å². The SMILES string of the molecule is Cc1nn(C)c(C)c1C(=O)Cc1ccccn1. The van der Waals surface area contributed by atoms with Crippen molar-refractivity contribution in [1.29, 1.82) is 0 Å². The minimum absolute atomic E-state index is 0.0757. The molecule has 17 heavy (non-hydrogen) atoms. The summed E-state index contributed by atoms with van der Waals surface area (Å²) in [4.78, 5) is 16.3. The maximum absolute atomic E-state index is 12.2. The molecular weight excluding hydrogens is 214 g/mol. The summed E-state index contributed by atoms with van der Waals surface area (Å²) in [5.41, 5.74) is 3.20. The van der Waals surface area contributed by atoms with Gasteiger partial charge < -0.3 is 0 Å². The van der Waals surface area contributed by atoms with Crippen molar-refractivity contribution >= 4 is 5.78 Å². The molecule has 0 unspecified atom stereocenters. The summed E-state index contributed by atoms with van der Waals surface area (Å²) in [5.74, 6) is 0.0757. The number of rotatable bonds is 3. The van der Waals surface area contributed by atoms with Crippen LogP contribution in [0.1, 0.15) is 27.4 Å². The Morgan fingerprint density at radius 3 is 2.65 bits per heavy atom. The maximum atomic E-state index is 12.2. The molecule has 0 fully saturated rings. The number of hydrogen-bond acceptors (Lipinski definition) is 3. The first-order chi connectivity index (χ1) is 8.09. The molecule has 0 spiro atoms. The number of ketones is 1. The van der Waals surface area contributed by atoms with Gasteiger partial charge in [0.25, 0.3) is 0 Å². The van der Waals surface area contributed by atoms with E-state index in [1.807, 2.05) is 39.1 Å². The van der Waals surface area contributed by atoms with Gasteiger partial charge in [0.15, 0.2) is 5.78 Å². The highest BCUT2D eigenvalue weighted by molar-refractivity contribution is 5.99. The molecule has 0 bridgehead atoms. The zero-order valence-electron chi connectivity index (χ0n) is 10.3. The number of pyridine rings is 1. The van der Waals surface area contributed by atoms with Crippen LogP contribution < -0.4 is 0 Å². The summed E-state index contributed by atoms with van der Waals surface area (Å²) in [5, 5.41) is 4.25. The lowest BCUT2D eigenvalue weighted by Crippen LogP contribution is -2.07. The van der Waals surface area contributed by atoms with Crippen LogP contribution in [0.5, 0.6) is 0 Å². The fourth-order valence-electron chi connectivity index (χ4n) is 1.93. The molecule has 0 aromatic carbocycles. The van der Waals surface area contributed by atoms with Gasteiger partial charge in [-0.3, -0.25) is 14.5 Å².